The summed E-state index contributed by atoms with van der Waals surface area (Å²) in [5.74, 6) is 1.62. The Morgan fingerprint density at radius 2 is 1.16 bits per heavy atom. The summed E-state index contributed by atoms with van der Waals surface area (Å²) in [6.07, 6.45) is 4.11. The number of hydrogen-bond acceptors (Lipinski definition) is 8. The first-order chi connectivity index (χ1) is 27.8. The average molecular weight is 753 g/mol. The first-order valence-corrected chi connectivity index (χ1v) is 18.5. The molecule has 0 radical (unpaired) electrons. The van der Waals surface area contributed by atoms with Gasteiger partial charge in [0.25, 0.3) is 11.1 Å². The molecule has 57 heavy (non-hydrogen) atoms. The van der Waals surface area contributed by atoms with Crippen LogP contribution in [0.2, 0.25) is 0 Å². The molecule has 9 rings (SSSR count). The number of aromatic nitrogens is 4. The van der Waals surface area contributed by atoms with Gasteiger partial charge in [0.15, 0.2) is 23.0 Å². The molecule has 0 bridgehead atoms. The molecule has 1 fully saturated rings. The summed E-state index contributed by atoms with van der Waals surface area (Å²) in [5, 5.41) is 22.7. The van der Waals surface area contributed by atoms with Gasteiger partial charge < -0.3 is 19.7 Å². The Morgan fingerprint density at radius 1 is 0.596 bits per heavy atom. The average Bonchev–Trinajstić information content (AvgIpc) is 4.04. The van der Waals surface area contributed by atoms with Crippen molar-refractivity contribution in [3.63, 3.8) is 0 Å². The highest BCUT2D eigenvalue weighted by molar-refractivity contribution is 5.82. The molecule has 1 saturated carbocycles. The summed E-state index contributed by atoms with van der Waals surface area (Å²) in [6.45, 7) is 0. The molecule has 0 amide bonds. The Kier molecular flexibility index (Phi) is 8.85. The van der Waals surface area contributed by atoms with Crippen molar-refractivity contribution < 1.29 is 19.7 Å². The van der Waals surface area contributed by atoms with Crippen LogP contribution in [0.1, 0.15) is 41.0 Å². The first kappa shape index (κ1) is 35.3. The summed E-state index contributed by atoms with van der Waals surface area (Å²) < 4.78 is 13.9. The molecular weight excluding hydrogens is 717 g/mol. The van der Waals surface area contributed by atoms with Crippen LogP contribution in [0.5, 0.6) is 23.0 Å². The number of hydrogen-bond donors (Lipinski definition) is 2. The second-order valence-corrected chi connectivity index (χ2v) is 13.9. The molecule has 0 spiro atoms. The van der Waals surface area contributed by atoms with E-state index in [0.29, 0.717) is 68.3 Å². The van der Waals surface area contributed by atoms with E-state index in [0.717, 1.165) is 16.7 Å². The lowest BCUT2D eigenvalue weighted by Crippen LogP contribution is -2.24. The fourth-order valence-corrected chi connectivity index (χ4v) is 7.64. The maximum absolute atomic E-state index is 14.4. The summed E-state index contributed by atoms with van der Waals surface area (Å²) in [7, 11) is 3.01. The third-order valence-electron chi connectivity index (χ3n) is 10.6. The number of nitrogens with zero attached hydrogens (tertiary/aromatic N) is 4. The normalized spacial score (nSPS) is 15.0. The van der Waals surface area contributed by atoms with Crippen molar-refractivity contribution in [1.82, 2.24) is 19.1 Å². The van der Waals surface area contributed by atoms with Gasteiger partial charge in [-0.15, -0.1) is 0 Å². The number of ether oxygens (including phenoxy) is 2. The molecule has 2 unspecified atom stereocenters. The van der Waals surface area contributed by atoms with Crippen LogP contribution in [-0.2, 0) is 0 Å². The Balaban J connectivity index is 1.15. The number of phenols is 2. The molecule has 6 aromatic carbocycles. The predicted octanol–water partition coefficient (Wildman–Crippen LogP) is 8.62. The summed E-state index contributed by atoms with van der Waals surface area (Å²) in [5.41, 5.74) is 4.83. The predicted molar refractivity (Wildman–Crippen MR) is 222 cm³/mol. The molecule has 2 N–H and O–H groups in total. The van der Waals surface area contributed by atoms with Gasteiger partial charge in [0.1, 0.15) is 11.6 Å². The van der Waals surface area contributed by atoms with Crippen molar-refractivity contribution in [3.05, 3.63) is 177 Å². The van der Waals surface area contributed by atoms with Crippen LogP contribution in [0.3, 0.4) is 0 Å². The molecule has 1 aliphatic carbocycles. The Labute approximate surface area is 326 Å². The van der Waals surface area contributed by atoms with Crippen molar-refractivity contribution >= 4 is 34.0 Å². The van der Waals surface area contributed by atoms with E-state index in [9.17, 15) is 19.8 Å². The van der Waals surface area contributed by atoms with Gasteiger partial charge in [0.2, 0.25) is 0 Å². The zero-order valence-electron chi connectivity index (χ0n) is 31.0. The molecule has 8 aromatic rings. The summed E-state index contributed by atoms with van der Waals surface area (Å²) >= 11 is 0. The van der Waals surface area contributed by atoms with Gasteiger partial charge in [0.05, 0.1) is 47.4 Å². The number of fused-ring (bicyclic) bond motifs is 2. The molecule has 10 heteroatoms. The molecule has 2 aromatic heterocycles. The van der Waals surface area contributed by atoms with E-state index in [1.807, 2.05) is 91.0 Å². The lowest BCUT2D eigenvalue weighted by atomic mass is 10.0. The Morgan fingerprint density at radius 3 is 1.82 bits per heavy atom. The molecule has 2 heterocycles. The maximum Gasteiger partial charge on any atom is 0.266 e. The van der Waals surface area contributed by atoms with E-state index >= 15 is 0 Å². The van der Waals surface area contributed by atoms with Crippen LogP contribution in [-0.4, -0.2) is 43.5 Å². The van der Waals surface area contributed by atoms with Crippen LogP contribution < -0.4 is 20.6 Å². The monoisotopic (exact) mass is 752 g/mol. The van der Waals surface area contributed by atoms with Crippen LogP contribution >= 0.6 is 0 Å². The Hall–Kier alpha value is -7.46. The third kappa shape index (κ3) is 6.27. The van der Waals surface area contributed by atoms with Crippen molar-refractivity contribution in [2.75, 3.05) is 14.2 Å². The molecule has 0 saturated heterocycles. The van der Waals surface area contributed by atoms with Gasteiger partial charge in [-0.25, -0.2) is 9.97 Å². The minimum absolute atomic E-state index is 0.0210. The van der Waals surface area contributed by atoms with E-state index in [4.69, 9.17) is 19.4 Å². The lowest BCUT2D eigenvalue weighted by molar-refractivity contribution is 0.370. The number of aromatic hydroxyl groups is 2. The standard InChI is InChI=1S/C47H36N4O6/c1-56-40-21-9-11-28(43(40)52)23-24-42-48-38-19-5-3-16-34(38)46(54)50(42)31-14-7-12-29(25-31)30-13-8-15-32(26-30)51-45(49-39-20-6-4-17-35(39)47(51)55)37-27-36(37)33-18-10-22-41(57-2)44(33)53/h3-26,36-37,52-53H,27H2,1-2H3/b24-23+. The zero-order chi connectivity index (χ0) is 39.2. The largest absolute Gasteiger partial charge is 0.504 e. The fourth-order valence-electron chi connectivity index (χ4n) is 7.64. The van der Waals surface area contributed by atoms with E-state index in [-0.39, 0.29) is 34.5 Å². The summed E-state index contributed by atoms with van der Waals surface area (Å²) in [4.78, 5) is 38.5. The van der Waals surface area contributed by atoms with Crippen LogP contribution in [0.15, 0.2) is 143 Å². The number of benzene rings is 6. The van der Waals surface area contributed by atoms with Gasteiger partial charge >= 0.3 is 0 Å². The van der Waals surface area contributed by atoms with Crippen LogP contribution in [0, 0.1) is 0 Å². The van der Waals surface area contributed by atoms with Crippen molar-refractivity contribution in [2.45, 2.75) is 18.3 Å². The topological polar surface area (TPSA) is 129 Å². The minimum Gasteiger partial charge on any atom is -0.504 e. The highest BCUT2D eigenvalue weighted by atomic mass is 16.5. The Bertz CT molecular complexity index is 3020. The van der Waals surface area contributed by atoms with Gasteiger partial charge in [0, 0.05) is 17.0 Å². The minimum atomic E-state index is -0.250. The number of phenolic OH excluding ortho intramolecular Hbond substituents is 2. The van der Waals surface area contributed by atoms with Gasteiger partial charge in [-0.1, -0.05) is 72.8 Å². The van der Waals surface area contributed by atoms with Gasteiger partial charge in [-0.2, -0.15) is 0 Å². The molecule has 280 valence electrons. The van der Waals surface area contributed by atoms with Crippen molar-refractivity contribution in [2.24, 2.45) is 0 Å². The van der Waals surface area contributed by atoms with Gasteiger partial charge in [-0.05, 0) is 96.3 Å². The van der Waals surface area contributed by atoms with Crippen molar-refractivity contribution in [3.8, 4) is 45.5 Å². The van der Waals surface area contributed by atoms with E-state index in [2.05, 4.69) is 0 Å². The first-order valence-electron chi connectivity index (χ1n) is 18.5. The summed E-state index contributed by atoms with van der Waals surface area (Å²) in [6, 6.07) is 40.5. The molecule has 2 atom stereocenters. The highest BCUT2D eigenvalue weighted by Gasteiger charge is 2.44. The number of rotatable bonds is 9. The molecule has 10 nitrogen and oxygen atoms in total. The second-order valence-electron chi connectivity index (χ2n) is 13.9. The molecular formula is C47H36N4O6. The second kappa shape index (κ2) is 14.3. The smallest absolute Gasteiger partial charge is 0.266 e. The molecule has 1 aliphatic rings. The number of para-hydroxylation sites is 4. The maximum atomic E-state index is 14.4. The molecule has 0 aliphatic heterocycles. The number of methoxy groups -OCH3 is 2. The van der Waals surface area contributed by atoms with E-state index in [1.54, 1.807) is 63.8 Å². The zero-order valence-corrected chi connectivity index (χ0v) is 31.0. The quantitative estimate of drug-likeness (QED) is 0.150. The SMILES string of the molecule is COc1cccc(/C=C/c2nc3ccccc3c(=O)n2-c2cccc(-c3cccc(-n4c(C5CC5c5cccc(OC)c5O)nc5ccccc5c4=O)c3)c2)c1O. The highest BCUT2D eigenvalue weighted by Crippen LogP contribution is 2.57. The van der Waals surface area contributed by atoms with Crippen molar-refractivity contribution in [1.29, 1.82) is 0 Å². The van der Waals surface area contributed by atoms with Crippen LogP contribution in [0.4, 0.5) is 0 Å². The van der Waals surface area contributed by atoms with E-state index < -0.39 is 0 Å². The van der Waals surface area contributed by atoms with Gasteiger partial charge in [-0.3, -0.25) is 18.7 Å². The lowest BCUT2D eigenvalue weighted by Gasteiger charge is -2.16. The van der Waals surface area contributed by atoms with E-state index in [1.165, 1.54) is 14.2 Å². The third-order valence-corrected chi connectivity index (χ3v) is 10.6. The van der Waals surface area contributed by atoms with Crippen LogP contribution in [0.25, 0.3) is 56.5 Å². The fraction of sp³-hybridized carbons (Fsp3) is 0.106.